The number of hydrogen-bond acceptors (Lipinski definition) is 5. The Balaban J connectivity index is 1.67. The molecule has 1 aliphatic rings. The summed E-state index contributed by atoms with van der Waals surface area (Å²) in [5.74, 6) is 1.93. The van der Waals surface area contributed by atoms with E-state index in [0.29, 0.717) is 0 Å². The van der Waals surface area contributed by atoms with E-state index < -0.39 is 0 Å². The van der Waals surface area contributed by atoms with Gasteiger partial charge in [0.25, 0.3) is 0 Å². The molecular weight excluding hydrogens is 264 g/mol. The molecule has 0 saturated carbocycles. The van der Waals surface area contributed by atoms with Gasteiger partial charge in [-0.05, 0) is 19.1 Å². The predicted octanol–water partition coefficient (Wildman–Crippen LogP) is 2.12. The molecule has 5 heteroatoms. The van der Waals surface area contributed by atoms with Gasteiger partial charge in [0.15, 0.2) is 0 Å². The Kier molecular flexibility index (Phi) is 3.90. The first-order chi connectivity index (χ1) is 10.3. The minimum absolute atomic E-state index is 0.904. The van der Waals surface area contributed by atoms with Gasteiger partial charge in [-0.3, -0.25) is 0 Å². The van der Waals surface area contributed by atoms with Crippen molar-refractivity contribution >= 4 is 11.5 Å². The first-order valence-corrected chi connectivity index (χ1v) is 7.19. The van der Waals surface area contributed by atoms with Crippen molar-refractivity contribution < 1.29 is 4.74 Å². The zero-order valence-corrected chi connectivity index (χ0v) is 12.5. The predicted molar refractivity (Wildman–Crippen MR) is 84.2 cm³/mol. The second-order valence-electron chi connectivity index (χ2n) is 5.19. The summed E-state index contributed by atoms with van der Waals surface area (Å²) < 4.78 is 5.30. The fourth-order valence-corrected chi connectivity index (χ4v) is 2.61. The molecule has 1 saturated heterocycles. The fraction of sp³-hybridized carbons (Fsp3) is 0.375. The molecule has 0 spiro atoms. The molecule has 21 heavy (non-hydrogen) atoms. The number of hydrogen-bond donors (Lipinski definition) is 0. The molecule has 2 heterocycles. The second kappa shape index (κ2) is 5.99. The van der Waals surface area contributed by atoms with Crippen molar-refractivity contribution in [2.45, 2.75) is 6.92 Å². The third-order valence-electron chi connectivity index (χ3n) is 3.81. The SMILES string of the molecule is COc1cccc(N2CCN(c3cc(C)ncn3)CC2)c1. The van der Waals surface area contributed by atoms with Gasteiger partial charge in [0.05, 0.1) is 7.11 Å². The Hall–Kier alpha value is -2.30. The Bertz CT molecular complexity index is 609. The first kappa shape index (κ1) is 13.7. The Labute approximate surface area is 125 Å². The zero-order chi connectivity index (χ0) is 14.7. The smallest absolute Gasteiger partial charge is 0.132 e. The third kappa shape index (κ3) is 3.07. The molecule has 1 aromatic carbocycles. The van der Waals surface area contributed by atoms with Crippen molar-refractivity contribution in [1.29, 1.82) is 0 Å². The summed E-state index contributed by atoms with van der Waals surface area (Å²) in [7, 11) is 1.70. The Morgan fingerprint density at radius 2 is 1.76 bits per heavy atom. The molecule has 110 valence electrons. The molecule has 0 aliphatic carbocycles. The van der Waals surface area contributed by atoms with Gasteiger partial charge in [0.2, 0.25) is 0 Å². The van der Waals surface area contributed by atoms with E-state index in [1.54, 1.807) is 13.4 Å². The van der Waals surface area contributed by atoms with Crippen molar-refractivity contribution in [3.05, 3.63) is 42.4 Å². The number of aromatic nitrogens is 2. The van der Waals surface area contributed by atoms with E-state index in [-0.39, 0.29) is 0 Å². The lowest BCUT2D eigenvalue weighted by atomic mass is 10.2. The van der Waals surface area contributed by atoms with Crippen LogP contribution in [0.1, 0.15) is 5.69 Å². The molecule has 0 atom stereocenters. The van der Waals surface area contributed by atoms with Crippen LogP contribution in [0.3, 0.4) is 0 Å². The standard InChI is InChI=1S/C16H20N4O/c1-13-10-16(18-12-17-13)20-8-6-19(7-9-20)14-4-3-5-15(11-14)21-2/h3-5,10-12H,6-9H2,1-2H3. The maximum atomic E-state index is 5.30. The highest BCUT2D eigenvalue weighted by atomic mass is 16.5. The highest BCUT2D eigenvalue weighted by Gasteiger charge is 2.18. The van der Waals surface area contributed by atoms with E-state index in [1.807, 2.05) is 25.1 Å². The summed E-state index contributed by atoms with van der Waals surface area (Å²) in [5.41, 5.74) is 2.23. The average molecular weight is 284 g/mol. The zero-order valence-electron chi connectivity index (χ0n) is 12.5. The highest BCUT2D eigenvalue weighted by molar-refractivity contribution is 5.52. The van der Waals surface area contributed by atoms with Gasteiger partial charge < -0.3 is 14.5 Å². The largest absolute Gasteiger partial charge is 0.497 e. The maximum Gasteiger partial charge on any atom is 0.132 e. The minimum atomic E-state index is 0.904. The van der Waals surface area contributed by atoms with Gasteiger partial charge in [-0.25, -0.2) is 9.97 Å². The van der Waals surface area contributed by atoms with Crippen molar-refractivity contribution in [2.24, 2.45) is 0 Å². The van der Waals surface area contributed by atoms with Gasteiger partial charge in [-0.1, -0.05) is 6.07 Å². The molecular formula is C16H20N4O. The van der Waals surface area contributed by atoms with Crippen LogP contribution in [-0.4, -0.2) is 43.3 Å². The lowest BCUT2D eigenvalue weighted by molar-refractivity contribution is 0.414. The van der Waals surface area contributed by atoms with Crippen LogP contribution < -0.4 is 14.5 Å². The van der Waals surface area contributed by atoms with Crippen LogP contribution in [0.15, 0.2) is 36.7 Å². The molecule has 2 aromatic rings. The third-order valence-corrected chi connectivity index (χ3v) is 3.81. The first-order valence-electron chi connectivity index (χ1n) is 7.19. The van der Waals surface area contributed by atoms with Crippen LogP contribution in [0.25, 0.3) is 0 Å². The Morgan fingerprint density at radius 1 is 1.00 bits per heavy atom. The lowest BCUT2D eigenvalue weighted by Gasteiger charge is -2.36. The number of aryl methyl sites for hydroxylation is 1. The molecule has 3 rings (SSSR count). The normalized spacial score (nSPS) is 15.1. The van der Waals surface area contributed by atoms with Crippen LogP contribution >= 0.6 is 0 Å². The van der Waals surface area contributed by atoms with E-state index in [0.717, 1.165) is 43.4 Å². The van der Waals surface area contributed by atoms with Gasteiger partial charge in [-0.2, -0.15) is 0 Å². The molecule has 1 aromatic heterocycles. The van der Waals surface area contributed by atoms with Crippen LogP contribution in [0.5, 0.6) is 5.75 Å². The van der Waals surface area contributed by atoms with Crippen molar-refractivity contribution in [2.75, 3.05) is 43.1 Å². The molecule has 1 aliphatic heterocycles. The minimum Gasteiger partial charge on any atom is -0.497 e. The summed E-state index contributed by atoms with van der Waals surface area (Å²) in [6.45, 7) is 5.89. The van der Waals surface area contributed by atoms with E-state index in [4.69, 9.17) is 4.74 Å². The molecule has 0 N–H and O–H groups in total. The number of rotatable bonds is 3. The fourth-order valence-electron chi connectivity index (χ4n) is 2.61. The van der Waals surface area contributed by atoms with Crippen LogP contribution in [0.2, 0.25) is 0 Å². The summed E-state index contributed by atoms with van der Waals surface area (Å²) >= 11 is 0. The molecule has 1 fully saturated rings. The number of benzene rings is 1. The van der Waals surface area contributed by atoms with Gasteiger partial charge in [0.1, 0.15) is 17.9 Å². The molecule has 0 amide bonds. The summed E-state index contributed by atoms with van der Waals surface area (Å²) in [6.07, 6.45) is 1.64. The van der Waals surface area contributed by atoms with Crippen LogP contribution in [0, 0.1) is 6.92 Å². The van der Waals surface area contributed by atoms with Crippen molar-refractivity contribution in [1.82, 2.24) is 9.97 Å². The lowest BCUT2D eigenvalue weighted by Crippen LogP contribution is -2.46. The van der Waals surface area contributed by atoms with Crippen molar-refractivity contribution in [3.63, 3.8) is 0 Å². The van der Waals surface area contributed by atoms with Crippen molar-refractivity contribution in [3.8, 4) is 5.75 Å². The highest BCUT2D eigenvalue weighted by Crippen LogP contribution is 2.23. The van der Waals surface area contributed by atoms with E-state index in [1.165, 1.54) is 5.69 Å². The van der Waals surface area contributed by atoms with E-state index in [9.17, 15) is 0 Å². The number of methoxy groups -OCH3 is 1. The number of ether oxygens (including phenoxy) is 1. The van der Waals surface area contributed by atoms with E-state index >= 15 is 0 Å². The summed E-state index contributed by atoms with van der Waals surface area (Å²) in [6, 6.07) is 10.3. The quantitative estimate of drug-likeness (QED) is 0.863. The average Bonchev–Trinajstić information content (AvgIpc) is 2.55. The van der Waals surface area contributed by atoms with Gasteiger partial charge in [0, 0.05) is 49.7 Å². The number of anilines is 2. The number of piperazine rings is 1. The molecule has 0 bridgehead atoms. The van der Waals surface area contributed by atoms with E-state index in [2.05, 4.69) is 31.9 Å². The van der Waals surface area contributed by atoms with Gasteiger partial charge in [-0.15, -0.1) is 0 Å². The monoisotopic (exact) mass is 284 g/mol. The van der Waals surface area contributed by atoms with Crippen LogP contribution in [0.4, 0.5) is 11.5 Å². The molecule has 0 radical (unpaired) electrons. The maximum absolute atomic E-state index is 5.30. The molecule has 5 nitrogen and oxygen atoms in total. The molecule has 0 unspecified atom stereocenters. The number of nitrogens with zero attached hydrogens (tertiary/aromatic N) is 4. The van der Waals surface area contributed by atoms with Gasteiger partial charge >= 0.3 is 0 Å². The summed E-state index contributed by atoms with van der Waals surface area (Å²) in [5, 5.41) is 0. The Morgan fingerprint density at radius 3 is 2.48 bits per heavy atom. The van der Waals surface area contributed by atoms with Crippen LogP contribution in [-0.2, 0) is 0 Å². The topological polar surface area (TPSA) is 41.5 Å². The summed E-state index contributed by atoms with van der Waals surface area (Å²) in [4.78, 5) is 13.2. The second-order valence-corrected chi connectivity index (χ2v) is 5.19.